The molecule has 2 unspecified atom stereocenters. The van der Waals surface area contributed by atoms with E-state index in [4.69, 9.17) is 16.6 Å². The molecule has 4 heterocycles. The molecule has 0 amide bonds. The van der Waals surface area contributed by atoms with Crippen LogP contribution in [0, 0.1) is 0 Å². The van der Waals surface area contributed by atoms with Crippen LogP contribution < -0.4 is 0 Å². The van der Waals surface area contributed by atoms with Crippen LogP contribution in [0.15, 0.2) is 66.4 Å². The Kier molecular flexibility index (Phi) is 5.95. The second-order valence-electron chi connectivity index (χ2n) is 10.5. The topological polar surface area (TPSA) is 85.9 Å². The van der Waals surface area contributed by atoms with E-state index >= 15 is 0 Å². The van der Waals surface area contributed by atoms with Crippen LogP contribution in [0.5, 0.6) is 0 Å². The molecule has 0 bridgehead atoms. The van der Waals surface area contributed by atoms with Crippen molar-refractivity contribution in [1.82, 2.24) is 28.6 Å². The van der Waals surface area contributed by atoms with Gasteiger partial charge in [-0.05, 0) is 70.1 Å². The molecule has 6 rings (SSSR count). The Morgan fingerprint density at radius 2 is 1.97 bits per heavy atom. The number of aromatic nitrogens is 5. The summed E-state index contributed by atoms with van der Waals surface area (Å²) < 4.78 is 30.3. The second-order valence-corrected chi connectivity index (χ2v) is 14.2. The first-order valence-corrected chi connectivity index (χ1v) is 15.1. The number of rotatable bonds is 6. The Morgan fingerprint density at radius 3 is 2.63 bits per heavy atom. The highest BCUT2D eigenvalue weighted by Crippen LogP contribution is 2.48. The molecular weight excluding hydrogens is 540 g/mol. The summed E-state index contributed by atoms with van der Waals surface area (Å²) in [4.78, 5) is 12.6. The maximum absolute atomic E-state index is 14.4. The molecule has 0 spiro atoms. The summed E-state index contributed by atoms with van der Waals surface area (Å²) >= 11 is 8.05. The zero-order chi connectivity index (χ0) is 26.9. The van der Waals surface area contributed by atoms with Gasteiger partial charge in [-0.2, -0.15) is 5.10 Å². The van der Waals surface area contributed by atoms with Gasteiger partial charge in [-0.15, -0.1) is 11.3 Å². The summed E-state index contributed by atoms with van der Waals surface area (Å²) in [6, 6.07) is 3.76. The van der Waals surface area contributed by atoms with Crippen molar-refractivity contribution >= 4 is 44.0 Å². The van der Waals surface area contributed by atoms with E-state index in [0.29, 0.717) is 10.7 Å². The molecule has 0 aromatic carbocycles. The van der Waals surface area contributed by atoms with Gasteiger partial charge in [0.2, 0.25) is 10.0 Å². The fourth-order valence-electron chi connectivity index (χ4n) is 5.68. The third-order valence-electron chi connectivity index (χ3n) is 8.15. The Morgan fingerprint density at radius 1 is 1.18 bits per heavy atom. The summed E-state index contributed by atoms with van der Waals surface area (Å²) in [5, 5.41) is 6.51. The average molecular weight is 569 g/mol. The van der Waals surface area contributed by atoms with Crippen molar-refractivity contribution in [2.75, 3.05) is 14.1 Å². The fourth-order valence-corrected chi connectivity index (χ4v) is 9.16. The van der Waals surface area contributed by atoms with Crippen molar-refractivity contribution in [2.24, 2.45) is 7.05 Å². The zero-order valence-electron chi connectivity index (χ0n) is 21.7. The Bertz CT molecular complexity index is 1710. The van der Waals surface area contributed by atoms with Gasteiger partial charge in [0.25, 0.3) is 0 Å². The molecule has 2 atom stereocenters. The van der Waals surface area contributed by atoms with E-state index in [1.54, 1.807) is 53.7 Å². The van der Waals surface area contributed by atoms with Crippen LogP contribution in [0.2, 0.25) is 0 Å². The predicted octanol–water partition coefficient (Wildman–Crippen LogP) is 5.25. The Balaban J connectivity index is 1.45. The van der Waals surface area contributed by atoms with Gasteiger partial charge >= 0.3 is 0 Å². The minimum Gasteiger partial charge on any atom is -0.298 e. The average Bonchev–Trinajstić information content (AvgIpc) is 3.58. The number of aryl methyl sites for hydroxylation is 1. The smallest absolute Gasteiger partial charge is 0.250 e. The number of allylic oxidation sites excluding steroid dienone is 3. The first kappa shape index (κ1) is 25.5. The zero-order valence-corrected chi connectivity index (χ0v) is 24.1. The maximum Gasteiger partial charge on any atom is 0.250 e. The molecule has 0 aliphatic heterocycles. The lowest BCUT2D eigenvalue weighted by Gasteiger charge is -2.45. The summed E-state index contributed by atoms with van der Waals surface area (Å²) in [5.41, 5.74) is 2.09. The van der Waals surface area contributed by atoms with E-state index in [-0.39, 0.29) is 5.54 Å². The van der Waals surface area contributed by atoms with E-state index in [1.807, 2.05) is 37.7 Å². The van der Waals surface area contributed by atoms with Crippen LogP contribution in [-0.4, -0.2) is 55.9 Å². The van der Waals surface area contributed by atoms with Gasteiger partial charge in [-0.25, -0.2) is 22.4 Å². The first-order chi connectivity index (χ1) is 18.1. The summed E-state index contributed by atoms with van der Waals surface area (Å²) in [6.07, 6.45) is 17.3. The van der Waals surface area contributed by atoms with Gasteiger partial charge in [-0.3, -0.25) is 9.58 Å². The number of thiazole rings is 1. The lowest BCUT2D eigenvalue weighted by atomic mass is 9.76. The molecule has 2 aliphatic rings. The number of pyridine rings is 1. The predicted molar refractivity (Wildman–Crippen MR) is 152 cm³/mol. The van der Waals surface area contributed by atoms with Crippen molar-refractivity contribution in [3.8, 4) is 10.4 Å². The second kappa shape index (κ2) is 8.87. The first-order valence-electron chi connectivity index (χ1n) is 12.5. The molecule has 38 heavy (non-hydrogen) atoms. The monoisotopic (exact) mass is 568 g/mol. The van der Waals surface area contributed by atoms with Crippen LogP contribution >= 0.6 is 22.9 Å². The maximum atomic E-state index is 14.4. The largest absolute Gasteiger partial charge is 0.298 e. The normalized spacial score (nSPS) is 23.1. The van der Waals surface area contributed by atoms with Gasteiger partial charge < -0.3 is 0 Å². The van der Waals surface area contributed by atoms with E-state index in [2.05, 4.69) is 29.1 Å². The van der Waals surface area contributed by atoms with E-state index in [0.717, 1.165) is 39.2 Å². The number of halogens is 1. The van der Waals surface area contributed by atoms with Crippen LogP contribution in [0.25, 0.3) is 21.5 Å². The number of hydrogen-bond acceptors (Lipinski definition) is 7. The van der Waals surface area contributed by atoms with Crippen LogP contribution in [0.3, 0.4) is 0 Å². The third-order valence-corrected chi connectivity index (χ3v) is 11.9. The molecule has 2 aliphatic carbocycles. The highest BCUT2D eigenvalue weighted by molar-refractivity contribution is 7.91. The molecule has 8 nitrogen and oxygen atoms in total. The van der Waals surface area contributed by atoms with Crippen LogP contribution in [0.1, 0.15) is 42.7 Å². The number of nitrogens with zero attached hydrogens (tertiary/aromatic N) is 6. The van der Waals surface area contributed by atoms with E-state index < -0.39 is 20.7 Å². The lowest BCUT2D eigenvalue weighted by molar-refractivity contribution is 0.0574. The molecule has 11 heteroatoms. The van der Waals surface area contributed by atoms with Gasteiger partial charge in [0.15, 0.2) is 5.65 Å². The summed E-state index contributed by atoms with van der Waals surface area (Å²) in [5.74, 6) is -0.474. The molecule has 0 N–H and O–H groups in total. The standard InChI is InChI=1S/C27H29ClN6O2S2/c1-26(14-19(28)6-7-22(26)18-15-31-33(4)17-18)38(35,36)34-13-9-21-20(8-12-29-24(21)34)23-16-30-25(37-23)27(32(2)3)10-5-11-27/h6-9,12-17,22H,5,10-11H2,1-4H3. The molecule has 1 fully saturated rings. The quantitative estimate of drug-likeness (QED) is 0.316. The minimum atomic E-state index is -4.00. The van der Waals surface area contributed by atoms with Crippen molar-refractivity contribution in [1.29, 1.82) is 0 Å². The number of fused-ring (bicyclic) bond motifs is 1. The molecule has 4 aromatic rings. The highest BCUT2D eigenvalue weighted by Gasteiger charge is 2.48. The van der Waals surface area contributed by atoms with Crippen molar-refractivity contribution in [2.45, 2.75) is 42.4 Å². The van der Waals surface area contributed by atoms with Crippen molar-refractivity contribution in [3.05, 3.63) is 76.9 Å². The molecule has 1 saturated carbocycles. The Labute approximate surface area is 231 Å². The molecule has 198 valence electrons. The summed E-state index contributed by atoms with van der Waals surface area (Å²) in [7, 11) is 2.02. The van der Waals surface area contributed by atoms with Crippen molar-refractivity contribution in [3.63, 3.8) is 0 Å². The van der Waals surface area contributed by atoms with E-state index in [9.17, 15) is 8.42 Å². The van der Waals surface area contributed by atoms with Crippen molar-refractivity contribution < 1.29 is 8.42 Å². The molecular formula is C27H29ClN6O2S2. The molecule has 4 aromatic heterocycles. The molecule has 0 radical (unpaired) electrons. The van der Waals surface area contributed by atoms with E-state index in [1.165, 1.54) is 10.4 Å². The highest BCUT2D eigenvalue weighted by atomic mass is 35.5. The van der Waals surface area contributed by atoms with Crippen LogP contribution in [-0.2, 0) is 22.6 Å². The fraction of sp³-hybridized carbons (Fsp3) is 0.370. The SMILES string of the molecule is CN(C)C1(c2ncc(-c3ccnc4c3ccn4S(=O)(=O)C3(C)C=C(Cl)C=CC3c3cnn(C)c3)s2)CCC1. The van der Waals surface area contributed by atoms with Gasteiger partial charge in [0.05, 0.1) is 16.6 Å². The Hall–Kier alpha value is -2.79. The number of hydrogen-bond donors (Lipinski definition) is 0. The third kappa shape index (κ3) is 3.65. The van der Waals surface area contributed by atoms with Gasteiger partial charge in [-0.1, -0.05) is 17.7 Å². The van der Waals surface area contributed by atoms with Gasteiger partial charge in [0, 0.05) is 53.7 Å². The molecule has 0 saturated heterocycles. The lowest BCUT2D eigenvalue weighted by Crippen LogP contribution is -2.46. The van der Waals surface area contributed by atoms with Crippen LogP contribution in [0.4, 0.5) is 0 Å². The summed E-state index contributed by atoms with van der Waals surface area (Å²) in [6.45, 7) is 1.70. The minimum absolute atomic E-state index is 0.0136. The van der Waals surface area contributed by atoms with Gasteiger partial charge in [0.1, 0.15) is 9.75 Å².